The van der Waals surface area contributed by atoms with Gasteiger partial charge in [-0.2, -0.15) is 15.0 Å². The molecule has 1 aromatic heterocycles. The highest BCUT2D eigenvalue weighted by Crippen LogP contribution is 2.26. The van der Waals surface area contributed by atoms with E-state index in [2.05, 4.69) is 21.9 Å². The summed E-state index contributed by atoms with van der Waals surface area (Å²) in [5.74, 6) is 0.687. The van der Waals surface area contributed by atoms with Gasteiger partial charge in [-0.15, -0.1) is 0 Å². The van der Waals surface area contributed by atoms with Crippen molar-refractivity contribution in [1.82, 2.24) is 15.0 Å². The van der Waals surface area contributed by atoms with Gasteiger partial charge in [0.1, 0.15) is 6.10 Å². The van der Waals surface area contributed by atoms with Crippen LogP contribution >= 0.6 is 23.2 Å². The van der Waals surface area contributed by atoms with Crippen LogP contribution in [-0.2, 0) is 0 Å². The van der Waals surface area contributed by atoms with Crippen molar-refractivity contribution in [2.75, 3.05) is 0 Å². The molecule has 1 saturated carbocycles. The Balaban J connectivity index is 2.02. The molecule has 0 aromatic carbocycles. The van der Waals surface area contributed by atoms with Gasteiger partial charge in [-0.25, -0.2) is 0 Å². The number of halogens is 2. The first-order valence-corrected chi connectivity index (χ1v) is 6.13. The molecule has 0 aliphatic heterocycles. The van der Waals surface area contributed by atoms with Crippen LogP contribution in [0.25, 0.3) is 0 Å². The fourth-order valence-corrected chi connectivity index (χ4v) is 2.34. The van der Waals surface area contributed by atoms with Gasteiger partial charge in [-0.3, -0.25) is 0 Å². The van der Waals surface area contributed by atoms with E-state index in [0.29, 0.717) is 5.92 Å². The fraction of sp³-hybridized carbons (Fsp3) is 0.700. The molecule has 1 aromatic rings. The van der Waals surface area contributed by atoms with Crippen LogP contribution in [0.3, 0.4) is 0 Å². The zero-order chi connectivity index (χ0) is 11.5. The van der Waals surface area contributed by atoms with Crippen molar-refractivity contribution in [1.29, 1.82) is 0 Å². The molecule has 0 spiro atoms. The Kier molecular flexibility index (Phi) is 3.82. The standard InChI is InChI=1S/C10H13Cl2N3O/c1-6-3-2-4-7(5-6)16-10-14-8(11)13-9(12)15-10/h6-7H,2-5H2,1H3. The Bertz CT molecular complexity index is 355. The third kappa shape index (κ3) is 3.19. The van der Waals surface area contributed by atoms with Crippen molar-refractivity contribution < 1.29 is 4.74 Å². The predicted octanol–water partition coefficient (Wildman–Crippen LogP) is 3.14. The van der Waals surface area contributed by atoms with Gasteiger partial charge >= 0.3 is 6.01 Å². The predicted molar refractivity (Wildman–Crippen MR) is 61.9 cm³/mol. The van der Waals surface area contributed by atoms with Crippen LogP contribution in [0.5, 0.6) is 6.01 Å². The van der Waals surface area contributed by atoms with Crippen LogP contribution < -0.4 is 4.74 Å². The van der Waals surface area contributed by atoms with E-state index >= 15 is 0 Å². The number of hydrogen-bond donors (Lipinski definition) is 0. The molecule has 0 saturated heterocycles. The molecular formula is C10H13Cl2N3O. The molecule has 2 rings (SSSR count). The highest BCUT2D eigenvalue weighted by atomic mass is 35.5. The van der Waals surface area contributed by atoms with E-state index in [0.717, 1.165) is 12.8 Å². The summed E-state index contributed by atoms with van der Waals surface area (Å²) in [6, 6.07) is 0.226. The maximum absolute atomic E-state index is 5.67. The molecule has 1 aliphatic carbocycles. The van der Waals surface area contributed by atoms with Crippen molar-refractivity contribution in [3.8, 4) is 6.01 Å². The average Bonchev–Trinajstić information content (AvgIpc) is 2.15. The summed E-state index contributed by atoms with van der Waals surface area (Å²) in [5, 5.41) is 0.137. The monoisotopic (exact) mass is 261 g/mol. The second-order valence-corrected chi connectivity index (χ2v) is 4.84. The first kappa shape index (κ1) is 11.9. The normalized spacial score (nSPS) is 25.4. The van der Waals surface area contributed by atoms with Crippen LogP contribution in [0.15, 0.2) is 0 Å². The molecule has 2 unspecified atom stereocenters. The van der Waals surface area contributed by atoms with Gasteiger partial charge in [0.05, 0.1) is 0 Å². The number of ether oxygens (including phenoxy) is 1. The molecule has 1 aliphatic rings. The maximum Gasteiger partial charge on any atom is 0.322 e. The van der Waals surface area contributed by atoms with Crippen molar-refractivity contribution in [2.24, 2.45) is 5.92 Å². The second kappa shape index (κ2) is 5.15. The Hall–Kier alpha value is -0.610. The third-order valence-electron chi connectivity index (χ3n) is 2.72. The Morgan fingerprint density at radius 3 is 2.44 bits per heavy atom. The lowest BCUT2D eigenvalue weighted by atomic mass is 9.89. The highest BCUT2D eigenvalue weighted by molar-refractivity contribution is 6.31. The largest absolute Gasteiger partial charge is 0.460 e. The fourth-order valence-electron chi connectivity index (χ4n) is 2.00. The van der Waals surface area contributed by atoms with Gasteiger partial charge in [0, 0.05) is 0 Å². The van der Waals surface area contributed by atoms with Gasteiger partial charge < -0.3 is 4.74 Å². The topological polar surface area (TPSA) is 47.9 Å². The molecule has 6 heteroatoms. The van der Waals surface area contributed by atoms with Gasteiger partial charge in [-0.05, 0) is 48.4 Å². The molecule has 0 radical (unpaired) electrons. The summed E-state index contributed by atoms with van der Waals surface area (Å²) in [4.78, 5) is 11.5. The number of nitrogens with zero attached hydrogens (tertiary/aromatic N) is 3. The highest BCUT2D eigenvalue weighted by Gasteiger charge is 2.21. The molecule has 1 heterocycles. The Morgan fingerprint density at radius 2 is 1.81 bits per heavy atom. The molecular weight excluding hydrogens is 249 g/mol. The van der Waals surface area contributed by atoms with Crippen LogP contribution in [0.2, 0.25) is 10.6 Å². The van der Waals surface area contributed by atoms with E-state index in [1.165, 1.54) is 12.8 Å². The van der Waals surface area contributed by atoms with E-state index in [1.54, 1.807) is 0 Å². The van der Waals surface area contributed by atoms with E-state index in [1.807, 2.05) is 0 Å². The zero-order valence-electron chi connectivity index (χ0n) is 8.99. The van der Waals surface area contributed by atoms with Crippen molar-refractivity contribution in [3.05, 3.63) is 10.6 Å². The van der Waals surface area contributed by atoms with Crippen molar-refractivity contribution in [2.45, 2.75) is 38.7 Å². The number of rotatable bonds is 2. The van der Waals surface area contributed by atoms with Gasteiger partial charge in [0.2, 0.25) is 10.6 Å². The summed E-state index contributed by atoms with van der Waals surface area (Å²) < 4.78 is 5.66. The van der Waals surface area contributed by atoms with Crippen LogP contribution in [0.1, 0.15) is 32.6 Å². The first-order chi connectivity index (χ1) is 7.63. The minimum Gasteiger partial charge on any atom is -0.460 e. The third-order valence-corrected chi connectivity index (χ3v) is 3.06. The molecule has 1 fully saturated rings. The SMILES string of the molecule is CC1CCCC(Oc2nc(Cl)nc(Cl)n2)C1. The minimum absolute atomic E-state index is 0.0684. The lowest BCUT2D eigenvalue weighted by Gasteiger charge is -2.26. The van der Waals surface area contributed by atoms with Crippen molar-refractivity contribution >= 4 is 23.2 Å². The maximum atomic E-state index is 5.67. The number of aromatic nitrogens is 3. The van der Waals surface area contributed by atoms with E-state index in [4.69, 9.17) is 27.9 Å². The lowest BCUT2D eigenvalue weighted by Crippen LogP contribution is -2.25. The Morgan fingerprint density at radius 1 is 1.12 bits per heavy atom. The van der Waals surface area contributed by atoms with Gasteiger partial charge in [0.15, 0.2) is 0 Å². The lowest BCUT2D eigenvalue weighted by molar-refractivity contribution is 0.118. The van der Waals surface area contributed by atoms with E-state index in [9.17, 15) is 0 Å². The van der Waals surface area contributed by atoms with Crippen LogP contribution in [0.4, 0.5) is 0 Å². The Labute approximate surface area is 104 Å². The number of hydrogen-bond acceptors (Lipinski definition) is 4. The quantitative estimate of drug-likeness (QED) is 0.821. The minimum atomic E-state index is 0.0684. The summed E-state index contributed by atoms with van der Waals surface area (Å²) >= 11 is 11.3. The molecule has 0 bridgehead atoms. The van der Waals surface area contributed by atoms with Crippen molar-refractivity contribution in [3.63, 3.8) is 0 Å². The van der Waals surface area contributed by atoms with E-state index < -0.39 is 0 Å². The van der Waals surface area contributed by atoms with Crippen LogP contribution in [-0.4, -0.2) is 21.1 Å². The second-order valence-electron chi connectivity index (χ2n) is 4.17. The summed E-state index contributed by atoms with van der Waals surface area (Å²) in [5.41, 5.74) is 0. The molecule has 0 N–H and O–H groups in total. The summed E-state index contributed by atoms with van der Waals surface area (Å²) in [7, 11) is 0. The molecule has 0 amide bonds. The summed E-state index contributed by atoms with van der Waals surface area (Å²) in [6.45, 7) is 2.23. The first-order valence-electron chi connectivity index (χ1n) is 5.37. The van der Waals surface area contributed by atoms with Gasteiger partial charge in [-0.1, -0.05) is 13.3 Å². The van der Waals surface area contributed by atoms with Crippen LogP contribution in [0, 0.1) is 5.92 Å². The van der Waals surface area contributed by atoms with E-state index in [-0.39, 0.29) is 22.7 Å². The average molecular weight is 262 g/mol. The molecule has 16 heavy (non-hydrogen) atoms. The molecule has 4 nitrogen and oxygen atoms in total. The smallest absolute Gasteiger partial charge is 0.322 e. The van der Waals surface area contributed by atoms with Gasteiger partial charge in [0.25, 0.3) is 0 Å². The zero-order valence-corrected chi connectivity index (χ0v) is 10.5. The molecule has 88 valence electrons. The molecule has 2 atom stereocenters. The summed E-state index contributed by atoms with van der Waals surface area (Å²) in [6.07, 6.45) is 4.67.